The molecule has 2 aromatic heterocycles. The molecule has 0 aliphatic heterocycles. The fourth-order valence-corrected chi connectivity index (χ4v) is 3.37. The lowest BCUT2D eigenvalue weighted by molar-refractivity contribution is 1.14. The third-order valence-electron chi connectivity index (χ3n) is 3.99. The van der Waals surface area contributed by atoms with Crippen LogP contribution in [0.5, 0.6) is 0 Å². The predicted molar refractivity (Wildman–Crippen MR) is 97.7 cm³/mol. The standard InChI is InChI=1S/C20H16N2S/c1-2-14-8-10-16(11-9-14)20-19(15-6-4-3-5-7-15)21-17-12-23-13-18(17)22-20/h3-13H,2H2,1H3. The number of hydrogen-bond acceptors (Lipinski definition) is 3. The van der Waals surface area contributed by atoms with Crippen LogP contribution in [-0.2, 0) is 6.42 Å². The molecule has 0 amide bonds. The molecule has 112 valence electrons. The van der Waals surface area contributed by atoms with Gasteiger partial charge in [0.15, 0.2) is 0 Å². The highest BCUT2D eigenvalue weighted by molar-refractivity contribution is 7.09. The Morgan fingerprint density at radius 2 is 1.30 bits per heavy atom. The number of rotatable bonds is 3. The van der Waals surface area contributed by atoms with E-state index in [9.17, 15) is 0 Å². The first-order valence-corrected chi connectivity index (χ1v) is 8.68. The highest BCUT2D eigenvalue weighted by atomic mass is 32.1. The number of thiophene rings is 1. The lowest BCUT2D eigenvalue weighted by Crippen LogP contribution is -1.94. The number of hydrogen-bond donors (Lipinski definition) is 0. The highest BCUT2D eigenvalue weighted by Crippen LogP contribution is 2.31. The summed E-state index contributed by atoms with van der Waals surface area (Å²) >= 11 is 1.64. The number of fused-ring (bicyclic) bond motifs is 1. The Labute approximate surface area is 139 Å². The van der Waals surface area contributed by atoms with E-state index in [1.54, 1.807) is 11.3 Å². The second-order valence-electron chi connectivity index (χ2n) is 5.48. The maximum atomic E-state index is 4.89. The van der Waals surface area contributed by atoms with Gasteiger partial charge < -0.3 is 0 Å². The number of benzene rings is 2. The molecular formula is C20H16N2S. The minimum atomic E-state index is 0.945. The highest BCUT2D eigenvalue weighted by Gasteiger charge is 2.13. The average Bonchev–Trinajstić information content (AvgIpc) is 3.09. The molecule has 0 spiro atoms. The largest absolute Gasteiger partial charge is 0.243 e. The Morgan fingerprint density at radius 3 is 1.87 bits per heavy atom. The van der Waals surface area contributed by atoms with Gasteiger partial charge in [-0.15, -0.1) is 11.3 Å². The summed E-state index contributed by atoms with van der Waals surface area (Å²) in [5, 5.41) is 4.11. The van der Waals surface area contributed by atoms with Crippen molar-refractivity contribution in [2.75, 3.05) is 0 Å². The van der Waals surface area contributed by atoms with Crippen molar-refractivity contribution in [3.8, 4) is 22.5 Å². The molecule has 0 bridgehead atoms. The first-order chi connectivity index (χ1) is 11.3. The zero-order valence-corrected chi connectivity index (χ0v) is 13.7. The van der Waals surface area contributed by atoms with Crippen molar-refractivity contribution >= 4 is 22.4 Å². The van der Waals surface area contributed by atoms with Gasteiger partial charge in [-0.3, -0.25) is 0 Å². The van der Waals surface area contributed by atoms with Gasteiger partial charge in [0.05, 0.1) is 11.4 Å². The van der Waals surface area contributed by atoms with Crippen LogP contribution < -0.4 is 0 Å². The topological polar surface area (TPSA) is 25.8 Å². The van der Waals surface area contributed by atoms with E-state index in [1.165, 1.54) is 5.56 Å². The molecule has 23 heavy (non-hydrogen) atoms. The first kappa shape index (κ1) is 14.1. The summed E-state index contributed by atoms with van der Waals surface area (Å²) < 4.78 is 0. The van der Waals surface area contributed by atoms with Crippen molar-refractivity contribution in [1.82, 2.24) is 9.97 Å². The van der Waals surface area contributed by atoms with Crippen LogP contribution >= 0.6 is 11.3 Å². The van der Waals surface area contributed by atoms with E-state index < -0.39 is 0 Å². The molecule has 2 aromatic carbocycles. The van der Waals surface area contributed by atoms with Gasteiger partial charge in [0.2, 0.25) is 0 Å². The average molecular weight is 316 g/mol. The maximum Gasteiger partial charge on any atom is 0.100 e. The van der Waals surface area contributed by atoms with E-state index in [0.29, 0.717) is 0 Å². The minimum absolute atomic E-state index is 0.945. The van der Waals surface area contributed by atoms with Crippen LogP contribution in [0, 0.1) is 0 Å². The molecule has 2 heterocycles. The normalized spacial score (nSPS) is 11.0. The molecule has 0 atom stereocenters. The fourth-order valence-electron chi connectivity index (χ4n) is 2.69. The van der Waals surface area contributed by atoms with Crippen molar-refractivity contribution in [3.05, 3.63) is 70.9 Å². The van der Waals surface area contributed by atoms with E-state index in [-0.39, 0.29) is 0 Å². The number of aromatic nitrogens is 2. The summed E-state index contributed by atoms with van der Waals surface area (Å²) in [6, 6.07) is 18.9. The van der Waals surface area contributed by atoms with Crippen LogP contribution in [0.1, 0.15) is 12.5 Å². The molecular weight excluding hydrogens is 300 g/mol. The monoisotopic (exact) mass is 316 g/mol. The SMILES string of the molecule is CCc1ccc(-c2nc3cscc3nc2-c2ccccc2)cc1. The summed E-state index contributed by atoms with van der Waals surface area (Å²) in [5.41, 5.74) is 7.36. The van der Waals surface area contributed by atoms with Gasteiger partial charge in [-0.2, -0.15) is 0 Å². The first-order valence-electron chi connectivity index (χ1n) is 7.74. The third kappa shape index (κ3) is 2.64. The van der Waals surface area contributed by atoms with Crippen LogP contribution in [-0.4, -0.2) is 9.97 Å². The Bertz CT molecular complexity index is 940. The van der Waals surface area contributed by atoms with Gasteiger partial charge in [-0.1, -0.05) is 61.5 Å². The van der Waals surface area contributed by atoms with Gasteiger partial charge in [-0.05, 0) is 12.0 Å². The molecule has 0 N–H and O–H groups in total. The second kappa shape index (κ2) is 5.94. The summed E-state index contributed by atoms with van der Waals surface area (Å²) in [4.78, 5) is 9.76. The Hall–Kier alpha value is -2.52. The van der Waals surface area contributed by atoms with Gasteiger partial charge in [0, 0.05) is 21.9 Å². The second-order valence-corrected chi connectivity index (χ2v) is 6.22. The molecule has 0 aliphatic carbocycles. The Kier molecular flexibility index (Phi) is 3.64. The molecule has 0 unspecified atom stereocenters. The van der Waals surface area contributed by atoms with E-state index in [1.807, 2.05) is 18.2 Å². The molecule has 0 radical (unpaired) electrons. The molecule has 0 saturated carbocycles. The van der Waals surface area contributed by atoms with Crippen LogP contribution in [0.25, 0.3) is 33.5 Å². The summed E-state index contributed by atoms with van der Waals surface area (Å²) in [6.07, 6.45) is 1.04. The van der Waals surface area contributed by atoms with Crippen LogP contribution in [0.2, 0.25) is 0 Å². The number of nitrogens with zero attached hydrogens (tertiary/aromatic N) is 2. The summed E-state index contributed by atoms with van der Waals surface area (Å²) in [5.74, 6) is 0. The fraction of sp³-hybridized carbons (Fsp3) is 0.100. The number of aryl methyl sites for hydroxylation is 1. The summed E-state index contributed by atoms with van der Waals surface area (Å²) in [7, 11) is 0. The van der Waals surface area contributed by atoms with Crippen LogP contribution in [0.4, 0.5) is 0 Å². The van der Waals surface area contributed by atoms with Gasteiger partial charge in [0.25, 0.3) is 0 Å². The van der Waals surface area contributed by atoms with Crippen LogP contribution in [0.15, 0.2) is 65.4 Å². The molecule has 2 nitrogen and oxygen atoms in total. The van der Waals surface area contributed by atoms with Gasteiger partial charge in [-0.25, -0.2) is 9.97 Å². The molecule has 0 saturated heterocycles. The molecule has 0 aliphatic rings. The lowest BCUT2D eigenvalue weighted by Gasteiger charge is -2.09. The summed E-state index contributed by atoms with van der Waals surface area (Å²) in [6.45, 7) is 2.17. The van der Waals surface area contributed by atoms with Gasteiger partial charge in [0.1, 0.15) is 11.0 Å². The van der Waals surface area contributed by atoms with Crippen molar-refractivity contribution in [1.29, 1.82) is 0 Å². The van der Waals surface area contributed by atoms with Gasteiger partial charge >= 0.3 is 0 Å². The minimum Gasteiger partial charge on any atom is -0.243 e. The van der Waals surface area contributed by atoms with Crippen LogP contribution in [0.3, 0.4) is 0 Å². The zero-order chi connectivity index (χ0) is 15.6. The quantitative estimate of drug-likeness (QED) is 0.492. The van der Waals surface area contributed by atoms with Crippen molar-refractivity contribution in [3.63, 3.8) is 0 Å². The predicted octanol–water partition coefficient (Wildman–Crippen LogP) is 5.59. The third-order valence-corrected chi connectivity index (χ3v) is 4.71. The van der Waals surface area contributed by atoms with E-state index in [2.05, 4.69) is 54.1 Å². The van der Waals surface area contributed by atoms with E-state index >= 15 is 0 Å². The molecule has 4 rings (SSSR count). The maximum absolute atomic E-state index is 4.89. The molecule has 3 heteroatoms. The van der Waals surface area contributed by atoms with Crippen molar-refractivity contribution < 1.29 is 0 Å². The van der Waals surface area contributed by atoms with Crippen molar-refractivity contribution in [2.45, 2.75) is 13.3 Å². The van der Waals surface area contributed by atoms with Crippen molar-refractivity contribution in [2.24, 2.45) is 0 Å². The Morgan fingerprint density at radius 1 is 0.739 bits per heavy atom. The molecule has 0 fully saturated rings. The smallest absolute Gasteiger partial charge is 0.100 e. The lowest BCUT2D eigenvalue weighted by atomic mass is 10.0. The Balaban J connectivity index is 1.95. The molecule has 4 aromatic rings. The van der Waals surface area contributed by atoms with E-state index in [4.69, 9.17) is 9.97 Å². The van der Waals surface area contributed by atoms with E-state index in [0.717, 1.165) is 40.0 Å². The zero-order valence-electron chi connectivity index (χ0n) is 12.9.